The molecule has 0 fully saturated rings. The van der Waals surface area contributed by atoms with Gasteiger partial charge in [0.1, 0.15) is 0 Å². The summed E-state index contributed by atoms with van der Waals surface area (Å²) in [7, 11) is 0. The molecule has 0 radical (unpaired) electrons. The largest absolute Gasteiger partial charge is 0.458 e. The van der Waals surface area contributed by atoms with Crippen LogP contribution >= 0.6 is 0 Å². The highest BCUT2D eigenvalue weighted by molar-refractivity contribution is 5.88. The van der Waals surface area contributed by atoms with Crippen LogP contribution in [0.2, 0.25) is 0 Å². The summed E-state index contributed by atoms with van der Waals surface area (Å²) in [5, 5.41) is 0. The first-order valence-electron chi connectivity index (χ1n) is 5.39. The van der Waals surface area contributed by atoms with Crippen molar-refractivity contribution in [2.24, 2.45) is 0 Å². The van der Waals surface area contributed by atoms with Crippen molar-refractivity contribution in [1.29, 1.82) is 0 Å². The molecule has 0 saturated heterocycles. The molecule has 96 valence electrons. The number of rotatable bonds is 5. The van der Waals surface area contributed by atoms with Crippen LogP contribution in [-0.4, -0.2) is 24.3 Å². The lowest BCUT2D eigenvalue weighted by atomic mass is 10.1. The molecule has 0 saturated carbocycles. The maximum absolute atomic E-state index is 11.8. The zero-order chi connectivity index (χ0) is 13.5. The Morgan fingerprint density at radius 2 is 1.67 bits per heavy atom. The van der Waals surface area contributed by atoms with Gasteiger partial charge in [0.05, 0.1) is 0 Å². The van der Waals surface area contributed by atoms with Gasteiger partial charge in [0.2, 0.25) is 5.78 Å². The second kappa shape index (κ2) is 6.54. The van der Waals surface area contributed by atoms with E-state index >= 15 is 0 Å². The summed E-state index contributed by atoms with van der Waals surface area (Å²) in [6.45, 7) is 2.01. The van der Waals surface area contributed by atoms with E-state index in [0.29, 0.717) is 5.56 Å². The number of benzene rings is 1. The molecule has 0 aromatic heterocycles. The summed E-state index contributed by atoms with van der Waals surface area (Å²) in [6, 6.07) is 8.57. The molecule has 0 aliphatic carbocycles. The molecular formula is C13H14O5. The first kappa shape index (κ1) is 13.9. The predicted molar refractivity (Wildman–Crippen MR) is 62.6 cm³/mol. The third kappa shape index (κ3) is 4.37. The van der Waals surface area contributed by atoms with Crippen LogP contribution in [-0.2, 0) is 23.9 Å². The second-order valence-corrected chi connectivity index (χ2v) is 3.65. The molecule has 1 atom stereocenters. The molecule has 5 nitrogen and oxygen atoms in total. The van der Waals surface area contributed by atoms with Crippen molar-refractivity contribution in [2.75, 3.05) is 6.61 Å². The summed E-state index contributed by atoms with van der Waals surface area (Å²) in [6.07, 6.45) is -1.04. The molecule has 5 heteroatoms. The summed E-state index contributed by atoms with van der Waals surface area (Å²) < 4.78 is 9.56. The van der Waals surface area contributed by atoms with Gasteiger partial charge >= 0.3 is 11.9 Å². The lowest BCUT2D eigenvalue weighted by Crippen LogP contribution is -2.23. The minimum Gasteiger partial charge on any atom is -0.458 e. The molecule has 0 bridgehead atoms. The van der Waals surface area contributed by atoms with Crippen molar-refractivity contribution in [3.05, 3.63) is 35.9 Å². The van der Waals surface area contributed by atoms with Gasteiger partial charge < -0.3 is 9.47 Å². The number of Topliss-reactive ketones (excluding diaryl/α,β-unsaturated/α-hetero) is 1. The lowest BCUT2D eigenvalue weighted by Gasteiger charge is -2.15. The van der Waals surface area contributed by atoms with E-state index in [2.05, 4.69) is 4.74 Å². The Morgan fingerprint density at radius 3 is 2.17 bits per heavy atom. The van der Waals surface area contributed by atoms with E-state index in [0.717, 1.165) is 0 Å². The minimum absolute atomic E-state index is 0.415. The Labute approximate surface area is 105 Å². The van der Waals surface area contributed by atoms with Gasteiger partial charge in [-0.05, 0) is 0 Å². The van der Waals surface area contributed by atoms with Gasteiger partial charge in [0.15, 0.2) is 12.7 Å². The zero-order valence-electron chi connectivity index (χ0n) is 10.2. The third-order valence-corrected chi connectivity index (χ3v) is 2.10. The molecule has 0 aliphatic rings. The number of hydrogen-bond acceptors (Lipinski definition) is 5. The van der Waals surface area contributed by atoms with Gasteiger partial charge in [-0.1, -0.05) is 30.3 Å². The quantitative estimate of drug-likeness (QED) is 0.739. The SMILES string of the molecule is CC(=O)OCC(=O)C(OC(C)=O)c1ccccc1. The monoisotopic (exact) mass is 250 g/mol. The number of ketones is 1. The number of carbonyl (C=O) groups excluding carboxylic acids is 3. The van der Waals surface area contributed by atoms with Gasteiger partial charge in [-0.3, -0.25) is 14.4 Å². The molecule has 1 rings (SSSR count). The fourth-order valence-corrected chi connectivity index (χ4v) is 1.36. The molecular weight excluding hydrogens is 236 g/mol. The van der Waals surface area contributed by atoms with E-state index < -0.39 is 30.4 Å². The molecule has 0 heterocycles. The van der Waals surface area contributed by atoms with E-state index in [1.165, 1.54) is 13.8 Å². The molecule has 0 spiro atoms. The smallest absolute Gasteiger partial charge is 0.303 e. The highest BCUT2D eigenvalue weighted by Crippen LogP contribution is 2.18. The Kier molecular flexibility index (Phi) is 5.05. The van der Waals surface area contributed by atoms with E-state index in [4.69, 9.17) is 4.74 Å². The maximum atomic E-state index is 11.8. The van der Waals surface area contributed by atoms with Crippen LogP contribution in [0, 0.1) is 0 Å². The van der Waals surface area contributed by atoms with Crippen molar-refractivity contribution >= 4 is 17.7 Å². The first-order valence-corrected chi connectivity index (χ1v) is 5.39. The Bertz CT molecular complexity index is 438. The zero-order valence-corrected chi connectivity index (χ0v) is 10.2. The third-order valence-electron chi connectivity index (χ3n) is 2.10. The number of carbonyl (C=O) groups is 3. The van der Waals surface area contributed by atoms with Crippen LogP contribution < -0.4 is 0 Å². The number of hydrogen-bond donors (Lipinski definition) is 0. The minimum atomic E-state index is -1.04. The number of esters is 2. The van der Waals surface area contributed by atoms with Gasteiger partial charge in [-0.2, -0.15) is 0 Å². The van der Waals surface area contributed by atoms with Gasteiger partial charge in [-0.25, -0.2) is 0 Å². The van der Waals surface area contributed by atoms with Gasteiger partial charge in [-0.15, -0.1) is 0 Å². The highest BCUT2D eigenvalue weighted by Gasteiger charge is 2.24. The normalized spacial score (nSPS) is 11.4. The second-order valence-electron chi connectivity index (χ2n) is 3.65. The van der Waals surface area contributed by atoms with Crippen LogP contribution in [0.5, 0.6) is 0 Å². The van der Waals surface area contributed by atoms with Crippen LogP contribution in [0.4, 0.5) is 0 Å². The average Bonchev–Trinajstić information content (AvgIpc) is 2.34. The number of ether oxygens (including phenoxy) is 2. The molecule has 1 unspecified atom stereocenters. The molecule has 18 heavy (non-hydrogen) atoms. The summed E-state index contributed by atoms with van der Waals surface area (Å²) in [5.74, 6) is -1.61. The molecule has 1 aromatic rings. The van der Waals surface area contributed by atoms with E-state index in [9.17, 15) is 14.4 Å². The average molecular weight is 250 g/mol. The van der Waals surface area contributed by atoms with Crippen molar-refractivity contribution in [3.8, 4) is 0 Å². The van der Waals surface area contributed by atoms with Gasteiger partial charge in [0.25, 0.3) is 0 Å². The maximum Gasteiger partial charge on any atom is 0.303 e. The van der Waals surface area contributed by atoms with Crippen molar-refractivity contribution < 1.29 is 23.9 Å². The van der Waals surface area contributed by atoms with Crippen LogP contribution in [0.15, 0.2) is 30.3 Å². The highest BCUT2D eigenvalue weighted by atomic mass is 16.6. The van der Waals surface area contributed by atoms with Gasteiger partial charge in [0, 0.05) is 19.4 Å². The van der Waals surface area contributed by atoms with E-state index in [-0.39, 0.29) is 0 Å². The summed E-state index contributed by atoms with van der Waals surface area (Å²) >= 11 is 0. The summed E-state index contributed by atoms with van der Waals surface area (Å²) in [4.78, 5) is 33.5. The Balaban J connectivity index is 2.81. The standard InChI is InChI=1S/C13H14O5/c1-9(14)17-8-12(16)13(18-10(2)15)11-6-4-3-5-7-11/h3-7,13H,8H2,1-2H3. The lowest BCUT2D eigenvalue weighted by molar-refractivity contribution is -0.157. The Morgan fingerprint density at radius 1 is 1.06 bits per heavy atom. The Hall–Kier alpha value is -2.17. The molecule has 1 aromatic carbocycles. The molecule has 0 amide bonds. The van der Waals surface area contributed by atoms with Crippen molar-refractivity contribution in [1.82, 2.24) is 0 Å². The van der Waals surface area contributed by atoms with Crippen LogP contribution in [0.1, 0.15) is 25.5 Å². The van der Waals surface area contributed by atoms with Crippen molar-refractivity contribution in [2.45, 2.75) is 20.0 Å². The first-order chi connectivity index (χ1) is 8.50. The fraction of sp³-hybridized carbons (Fsp3) is 0.308. The molecule has 0 aliphatic heterocycles. The van der Waals surface area contributed by atoms with Crippen LogP contribution in [0.3, 0.4) is 0 Å². The van der Waals surface area contributed by atoms with E-state index in [1.807, 2.05) is 0 Å². The molecule has 0 N–H and O–H groups in total. The topological polar surface area (TPSA) is 69.7 Å². The van der Waals surface area contributed by atoms with E-state index in [1.54, 1.807) is 30.3 Å². The predicted octanol–water partition coefficient (Wildman–Crippen LogP) is 1.42. The van der Waals surface area contributed by atoms with Crippen molar-refractivity contribution in [3.63, 3.8) is 0 Å². The fourth-order valence-electron chi connectivity index (χ4n) is 1.36. The van der Waals surface area contributed by atoms with Crippen LogP contribution in [0.25, 0.3) is 0 Å². The summed E-state index contributed by atoms with van der Waals surface area (Å²) in [5.41, 5.74) is 0.546.